The lowest BCUT2D eigenvalue weighted by molar-refractivity contribution is -0.146. The van der Waals surface area contributed by atoms with Gasteiger partial charge < -0.3 is 15.3 Å². The number of nitrogens with zero attached hydrogens (tertiary/aromatic N) is 1. The van der Waals surface area contributed by atoms with Crippen LogP contribution in [0.25, 0.3) is 0 Å². The fourth-order valence-electron chi connectivity index (χ4n) is 3.16. The van der Waals surface area contributed by atoms with Gasteiger partial charge in [0.1, 0.15) is 0 Å². The SMILES string of the molecule is O=C(O)C1CC(NC(=O)C2CC(=O)N(Cc3ccccc3)C2)C1. The molecule has 122 valence electrons. The molecule has 6 nitrogen and oxygen atoms in total. The zero-order chi connectivity index (χ0) is 16.4. The molecule has 3 rings (SSSR count). The Morgan fingerprint density at radius 3 is 2.52 bits per heavy atom. The van der Waals surface area contributed by atoms with Gasteiger partial charge in [0.15, 0.2) is 0 Å². The number of carbonyl (C=O) groups is 3. The first kappa shape index (κ1) is 15.5. The van der Waals surface area contributed by atoms with Gasteiger partial charge in [0.2, 0.25) is 11.8 Å². The zero-order valence-electron chi connectivity index (χ0n) is 12.8. The summed E-state index contributed by atoms with van der Waals surface area (Å²) in [5.74, 6) is -1.63. The Bertz CT molecular complexity index is 610. The zero-order valence-corrected chi connectivity index (χ0v) is 12.8. The van der Waals surface area contributed by atoms with Crippen LogP contribution in [0.5, 0.6) is 0 Å². The number of carboxylic acid groups (broad SMARTS) is 1. The van der Waals surface area contributed by atoms with E-state index in [1.165, 1.54) is 0 Å². The van der Waals surface area contributed by atoms with Gasteiger partial charge in [-0.25, -0.2) is 0 Å². The first-order valence-electron chi connectivity index (χ1n) is 7.88. The van der Waals surface area contributed by atoms with E-state index in [1.54, 1.807) is 4.90 Å². The van der Waals surface area contributed by atoms with Crippen molar-refractivity contribution in [3.63, 3.8) is 0 Å². The molecule has 23 heavy (non-hydrogen) atoms. The maximum Gasteiger partial charge on any atom is 0.306 e. The van der Waals surface area contributed by atoms with Crippen LogP contribution in [0.15, 0.2) is 30.3 Å². The van der Waals surface area contributed by atoms with Gasteiger partial charge in [0.05, 0.1) is 11.8 Å². The summed E-state index contributed by atoms with van der Waals surface area (Å²) in [6, 6.07) is 9.63. The Kier molecular flexibility index (Phi) is 4.32. The van der Waals surface area contributed by atoms with Gasteiger partial charge in [-0.05, 0) is 18.4 Å². The van der Waals surface area contributed by atoms with Crippen molar-refractivity contribution < 1.29 is 19.5 Å². The average Bonchev–Trinajstić information content (AvgIpc) is 2.84. The molecule has 2 aliphatic rings. The molecule has 0 bridgehead atoms. The Morgan fingerprint density at radius 2 is 1.87 bits per heavy atom. The van der Waals surface area contributed by atoms with Gasteiger partial charge in [-0.3, -0.25) is 14.4 Å². The molecule has 2 fully saturated rings. The molecule has 1 heterocycles. The standard InChI is InChI=1S/C17H20N2O4/c20-15-8-13(10-19(15)9-11-4-2-1-3-5-11)16(21)18-14-6-12(7-14)17(22)23/h1-5,12-14H,6-10H2,(H,18,21)(H,22,23). The van der Waals surface area contributed by atoms with Crippen LogP contribution in [0.2, 0.25) is 0 Å². The number of amides is 2. The Labute approximate surface area is 134 Å². The lowest BCUT2D eigenvalue weighted by Crippen LogP contribution is -2.48. The van der Waals surface area contributed by atoms with E-state index in [-0.39, 0.29) is 36.1 Å². The van der Waals surface area contributed by atoms with Gasteiger partial charge >= 0.3 is 5.97 Å². The monoisotopic (exact) mass is 316 g/mol. The summed E-state index contributed by atoms with van der Waals surface area (Å²) in [7, 11) is 0. The van der Waals surface area contributed by atoms with E-state index < -0.39 is 5.97 Å². The molecule has 2 amide bonds. The molecule has 1 aromatic carbocycles. The molecular weight excluding hydrogens is 296 g/mol. The third kappa shape index (κ3) is 3.52. The van der Waals surface area contributed by atoms with Crippen LogP contribution < -0.4 is 5.32 Å². The van der Waals surface area contributed by atoms with E-state index in [9.17, 15) is 14.4 Å². The van der Waals surface area contributed by atoms with Crippen LogP contribution in [-0.4, -0.2) is 40.4 Å². The van der Waals surface area contributed by atoms with Crippen molar-refractivity contribution in [3.05, 3.63) is 35.9 Å². The molecule has 0 spiro atoms. The van der Waals surface area contributed by atoms with Gasteiger partial charge in [-0.15, -0.1) is 0 Å². The topological polar surface area (TPSA) is 86.7 Å². The van der Waals surface area contributed by atoms with Gasteiger partial charge in [0.25, 0.3) is 0 Å². The van der Waals surface area contributed by atoms with Crippen molar-refractivity contribution in [2.45, 2.75) is 31.8 Å². The van der Waals surface area contributed by atoms with Gasteiger partial charge in [-0.2, -0.15) is 0 Å². The largest absolute Gasteiger partial charge is 0.481 e. The smallest absolute Gasteiger partial charge is 0.306 e. The van der Waals surface area contributed by atoms with Crippen LogP contribution in [0, 0.1) is 11.8 Å². The second-order valence-electron chi connectivity index (χ2n) is 6.37. The second-order valence-corrected chi connectivity index (χ2v) is 6.37. The van der Waals surface area contributed by atoms with Crippen LogP contribution in [0.1, 0.15) is 24.8 Å². The molecule has 1 saturated carbocycles. The lowest BCUT2D eigenvalue weighted by atomic mass is 9.80. The minimum atomic E-state index is -0.805. The number of nitrogens with one attached hydrogen (secondary N) is 1. The Balaban J connectivity index is 1.49. The maximum atomic E-state index is 12.2. The van der Waals surface area contributed by atoms with Crippen molar-refractivity contribution in [2.24, 2.45) is 11.8 Å². The molecule has 1 unspecified atom stereocenters. The summed E-state index contributed by atoms with van der Waals surface area (Å²) in [6.45, 7) is 0.947. The quantitative estimate of drug-likeness (QED) is 0.849. The van der Waals surface area contributed by atoms with Crippen molar-refractivity contribution in [1.29, 1.82) is 0 Å². The highest BCUT2D eigenvalue weighted by Crippen LogP contribution is 2.28. The maximum absolute atomic E-state index is 12.2. The lowest BCUT2D eigenvalue weighted by Gasteiger charge is -2.33. The van der Waals surface area contributed by atoms with E-state index in [0.717, 1.165) is 5.56 Å². The molecule has 0 aromatic heterocycles. The summed E-state index contributed by atoms with van der Waals surface area (Å²) >= 11 is 0. The highest BCUT2D eigenvalue weighted by atomic mass is 16.4. The molecule has 0 radical (unpaired) electrons. The van der Waals surface area contributed by atoms with Gasteiger partial charge in [-0.1, -0.05) is 30.3 Å². The molecule has 1 aliphatic heterocycles. The first-order chi connectivity index (χ1) is 11.0. The van der Waals surface area contributed by atoms with Gasteiger partial charge in [0, 0.05) is 25.6 Å². The van der Waals surface area contributed by atoms with Crippen molar-refractivity contribution >= 4 is 17.8 Å². The number of carbonyl (C=O) groups excluding carboxylic acids is 2. The normalized spacial score (nSPS) is 26.7. The molecule has 1 atom stereocenters. The fraction of sp³-hybridized carbons (Fsp3) is 0.471. The van der Waals surface area contributed by atoms with Crippen molar-refractivity contribution in [2.75, 3.05) is 6.54 Å². The third-order valence-corrected chi connectivity index (χ3v) is 4.64. The summed E-state index contributed by atoms with van der Waals surface area (Å²) in [5.41, 5.74) is 1.05. The number of likely N-dealkylation sites (tertiary alicyclic amines) is 1. The highest BCUT2D eigenvalue weighted by Gasteiger charge is 2.39. The highest BCUT2D eigenvalue weighted by molar-refractivity contribution is 5.89. The minimum absolute atomic E-state index is 0.00831. The second kappa shape index (κ2) is 6.40. The van der Waals surface area contributed by atoms with E-state index in [2.05, 4.69) is 5.32 Å². The fourth-order valence-corrected chi connectivity index (χ4v) is 3.16. The van der Waals surface area contributed by atoms with Crippen molar-refractivity contribution in [1.82, 2.24) is 10.2 Å². The van der Waals surface area contributed by atoms with E-state index >= 15 is 0 Å². The first-order valence-corrected chi connectivity index (χ1v) is 7.88. The third-order valence-electron chi connectivity index (χ3n) is 4.64. The Morgan fingerprint density at radius 1 is 1.17 bits per heavy atom. The minimum Gasteiger partial charge on any atom is -0.481 e. The predicted octanol–water partition coefficient (Wildman–Crippen LogP) is 1.01. The van der Waals surface area contributed by atoms with Crippen LogP contribution in [0.3, 0.4) is 0 Å². The van der Waals surface area contributed by atoms with E-state index in [1.807, 2.05) is 30.3 Å². The average molecular weight is 316 g/mol. The molecule has 2 N–H and O–H groups in total. The number of hydrogen-bond acceptors (Lipinski definition) is 3. The molecule has 1 aromatic rings. The van der Waals surface area contributed by atoms with Crippen LogP contribution >= 0.6 is 0 Å². The van der Waals surface area contributed by atoms with Crippen LogP contribution in [0.4, 0.5) is 0 Å². The summed E-state index contributed by atoms with van der Waals surface area (Å²) in [4.78, 5) is 36.8. The summed E-state index contributed by atoms with van der Waals surface area (Å²) < 4.78 is 0. The predicted molar refractivity (Wildman–Crippen MR) is 82.3 cm³/mol. The summed E-state index contributed by atoms with van der Waals surface area (Å²) in [5, 5.41) is 11.7. The Hall–Kier alpha value is -2.37. The number of aliphatic carboxylic acids is 1. The number of rotatable bonds is 5. The van der Waals surface area contributed by atoms with Crippen LogP contribution in [-0.2, 0) is 20.9 Å². The number of benzene rings is 1. The number of carboxylic acids is 1. The van der Waals surface area contributed by atoms with E-state index in [4.69, 9.17) is 5.11 Å². The van der Waals surface area contributed by atoms with Crippen molar-refractivity contribution in [3.8, 4) is 0 Å². The molecule has 6 heteroatoms. The van der Waals surface area contributed by atoms with E-state index in [0.29, 0.717) is 25.9 Å². The summed E-state index contributed by atoms with van der Waals surface area (Å²) in [6.07, 6.45) is 1.19. The molecule has 1 aliphatic carbocycles. The number of hydrogen-bond donors (Lipinski definition) is 2. The molecular formula is C17H20N2O4. The molecule has 1 saturated heterocycles.